The Morgan fingerprint density at radius 3 is 2.47 bits per heavy atom. The maximum absolute atomic E-state index is 12.9. The van der Waals surface area contributed by atoms with Gasteiger partial charge in [0, 0.05) is 24.2 Å². The van der Waals surface area contributed by atoms with E-state index in [0.717, 1.165) is 16.6 Å². The smallest absolute Gasteiger partial charge is 0.275 e. The van der Waals surface area contributed by atoms with Gasteiger partial charge in [0.25, 0.3) is 5.56 Å². The number of aromatic nitrogens is 3. The Morgan fingerprint density at radius 2 is 1.70 bits per heavy atom. The van der Waals surface area contributed by atoms with Crippen molar-refractivity contribution in [3.8, 4) is 5.75 Å². The number of benzene rings is 2. The number of para-hydroxylation sites is 2. The molecule has 0 bridgehead atoms. The van der Waals surface area contributed by atoms with Gasteiger partial charge in [0.2, 0.25) is 5.91 Å². The molecule has 0 aliphatic heterocycles. The fraction of sp³-hybridized carbons (Fsp3) is 0.130. The first kappa shape index (κ1) is 19.3. The number of methoxy groups -OCH3 is 1. The van der Waals surface area contributed by atoms with Crippen LogP contribution in [0.25, 0.3) is 10.8 Å². The number of hydrogen-bond donors (Lipinski definition) is 1. The molecule has 2 heterocycles. The number of fused-ring (bicyclic) bond motifs is 1. The molecule has 0 saturated carbocycles. The van der Waals surface area contributed by atoms with Crippen LogP contribution in [0.1, 0.15) is 11.3 Å². The van der Waals surface area contributed by atoms with E-state index in [4.69, 9.17) is 4.74 Å². The molecule has 0 atom stereocenters. The third-order valence-electron chi connectivity index (χ3n) is 4.74. The fourth-order valence-electron chi connectivity index (χ4n) is 3.31. The van der Waals surface area contributed by atoms with Crippen LogP contribution in [-0.2, 0) is 17.8 Å². The van der Waals surface area contributed by atoms with E-state index in [1.54, 1.807) is 42.7 Å². The molecule has 30 heavy (non-hydrogen) atoms. The number of anilines is 1. The second-order valence-electron chi connectivity index (χ2n) is 6.74. The largest absolute Gasteiger partial charge is 0.495 e. The Kier molecular flexibility index (Phi) is 5.52. The first-order valence-corrected chi connectivity index (χ1v) is 9.46. The summed E-state index contributed by atoms with van der Waals surface area (Å²) in [4.78, 5) is 29.6. The lowest BCUT2D eigenvalue weighted by Crippen LogP contribution is -2.30. The van der Waals surface area contributed by atoms with E-state index in [0.29, 0.717) is 23.2 Å². The molecule has 0 fully saturated rings. The number of hydrogen-bond acceptors (Lipinski definition) is 5. The highest BCUT2D eigenvalue weighted by molar-refractivity contribution is 5.92. The molecule has 2 aromatic heterocycles. The van der Waals surface area contributed by atoms with Gasteiger partial charge in [0.1, 0.15) is 12.3 Å². The van der Waals surface area contributed by atoms with Crippen molar-refractivity contribution in [2.45, 2.75) is 13.0 Å². The van der Waals surface area contributed by atoms with Gasteiger partial charge in [-0.15, -0.1) is 0 Å². The number of nitrogens with zero attached hydrogens (tertiary/aromatic N) is 3. The van der Waals surface area contributed by atoms with Gasteiger partial charge in [-0.25, -0.2) is 4.68 Å². The van der Waals surface area contributed by atoms with Gasteiger partial charge in [-0.3, -0.25) is 14.6 Å². The third kappa shape index (κ3) is 4.05. The molecule has 0 aliphatic rings. The van der Waals surface area contributed by atoms with E-state index >= 15 is 0 Å². The van der Waals surface area contributed by atoms with Crippen molar-refractivity contribution >= 4 is 22.4 Å². The van der Waals surface area contributed by atoms with Crippen molar-refractivity contribution in [2.24, 2.45) is 0 Å². The Hall–Kier alpha value is -4.00. The minimum Gasteiger partial charge on any atom is -0.495 e. The molecular weight excluding hydrogens is 380 g/mol. The average molecular weight is 400 g/mol. The predicted molar refractivity (Wildman–Crippen MR) is 115 cm³/mol. The quantitative estimate of drug-likeness (QED) is 0.538. The lowest BCUT2D eigenvalue weighted by atomic mass is 10.1. The SMILES string of the molecule is COc1ccccc1NC(=O)Cn1nc(Cc2ccncc2)c2ccccc2c1=O. The van der Waals surface area contributed by atoms with Crippen LogP contribution in [0, 0.1) is 0 Å². The monoisotopic (exact) mass is 400 g/mol. The minimum absolute atomic E-state index is 0.203. The van der Waals surface area contributed by atoms with Gasteiger partial charge in [0.15, 0.2) is 0 Å². The van der Waals surface area contributed by atoms with E-state index in [1.807, 2.05) is 30.3 Å². The first-order valence-electron chi connectivity index (χ1n) is 9.46. The summed E-state index contributed by atoms with van der Waals surface area (Å²) >= 11 is 0. The van der Waals surface area contributed by atoms with E-state index in [9.17, 15) is 9.59 Å². The van der Waals surface area contributed by atoms with Crippen LogP contribution in [-0.4, -0.2) is 27.8 Å². The van der Waals surface area contributed by atoms with Gasteiger partial charge in [-0.05, 0) is 35.9 Å². The molecule has 4 rings (SSSR count). The molecule has 7 heteroatoms. The number of carbonyl (C=O) groups is 1. The van der Waals surface area contributed by atoms with Crippen molar-refractivity contribution in [1.82, 2.24) is 14.8 Å². The van der Waals surface area contributed by atoms with E-state index in [1.165, 1.54) is 11.8 Å². The number of rotatable bonds is 6. The molecule has 0 aliphatic carbocycles. The van der Waals surface area contributed by atoms with Crippen LogP contribution in [0.2, 0.25) is 0 Å². The zero-order valence-corrected chi connectivity index (χ0v) is 16.4. The molecule has 0 saturated heterocycles. The maximum Gasteiger partial charge on any atom is 0.275 e. The zero-order chi connectivity index (χ0) is 20.9. The Labute approximate surface area is 173 Å². The van der Waals surface area contributed by atoms with Gasteiger partial charge >= 0.3 is 0 Å². The highest BCUT2D eigenvalue weighted by Crippen LogP contribution is 2.23. The summed E-state index contributed by atoms with van der Waals surface area (Å²) in [6.45, 7) is -0.203. The van der Waals surface area contributed by atoms with Crippen molar-refractivity contribution in [1.29, 1.82) is 0 Å². The summed E-state index contributed by atoms with van der Waals surface area (Å²) in [6, 6.07) is 18.2. The van der Waals surface area contributed by atoms with Gasteiger partial charge in [-0.2, -0.15) is 5.10 Å². The van der Waals surface area contributed by atoms with Crippen LogP contribution >= 0.6 is 0 Å². The second kappa shape index (κ2) is 8.57. The summed E-state index contributed by atoms with van der Waals surface area (Å²) < 4.78 is 6.47. The van der Waals surface area contributed by atoms with Crippen molar-refractivity contribution in [3.05, 3.63) is 94.7 Å². The number of ether oxygens (including phenoxy) is 1. The normalized spacial score (nSPS) is 10.7. The molecule has 1 amide bonds. The molecule has 0 spiro atoms. The molecule has 4 aromatic rings. The minimum atomic E-state index is -0.362. The topological polar surface area (TPSA) is 86.1 Å². The third-order valence-corrected chi connectivity index (χ3v) is 4.74. The summed E-state index contributed by atoms with van der Waals surface area (Å²) in [7, 11) is 1.53. The Bertz CT molecular complexity index is 1250. The van der Waals surface area contributed by atoms with Crippen LogP contribution in [0.3, 0.4) is 0 Å². The molecule has 1 N–H and O–H groups in total. The summed E-state index contributed by atoms with van der Waals surface area (Å²) in [5, 5.41) is 8.60. The van der Waals surface area contributed by atoms with E-state index in [2.05, 4.69) is 15.4 Å². The summed E-state index contributed by atoms with van der Waals surface area (Å²) in [5.41, 5.74) is 1.97. The van der Waals surface area contributed by atoms with Gasteiger partial charge in [0.05, 0.1) is 23.9 Å². The molecule has 0 radical (unpaired) electrons. The highest BCUT2D eigenvalue weighted by atomic mass is 16.5. The predicted octanol–water partition coefficient (Wildman–Crippen LogP) is 3.03. The molecular formula is C23H20N4O3. The maximum atomic E-state index is 12.9. The lowest BCUT2D eigenvalue weighted by molar-refractivity contribution is -0.117. The molecule has 2 aromatic carbocycles. The van der Waals surface area contributed by atoms with Crippen molar-refractivity contribution in [3.63, 3.8) is 0 Å². The molecule has 0 unspecified atom stereocenters. The second-order valence-corrected chi connectivity index (χ2v) is 6.74. The molecule has 7 nitrogen and oxygen atoms in total. The lowest BCUT2D eigenvalue weighted by Gasteiger charge is -2.13. The first-order chi connectivity index (χ1) is 14.7. The number of carbonyl (C=O) groups excluding carboxylic acids is 1. The van der Waals surface area contributed by atoms with Crippen LogP contribution in [0.5, 0.6) is 5.75 Å². The summed E-state index contributed by atoms with van der Waals surface area (Å²) in [6.07, 6.45) is 3.96. The zero-order valence-electron chi connectivity index (χ0n) is 16.4. The van der Waals surface area contributed by atoms with Crippen LogP contribution < -0.4 is 15.6 Å². The van der Waals surface area contributed by atoms with Crippen LogP contribution in [0.4, 0.5) is 5.69 Å². The number of amides is 1. The van der Waals surface area contributed by atoms with Crippen molar-refractivity contribution < 1.29 is 9.53 Å². The highest BCUT2D eigenvalue weighted by Gasteiger charge is 2.14. The number of nitrogens with one attached hydrogen (secondary N) is 1. The summed E-state index contributed by atoms with van der Waals surface area (Å²) in [5.74, 6) is 0.183. The number of pyridine rings is 1. The Balaban J connectivity index is 1.67. The fourth-order valence-corrected chi connectivity index (χ4v) is 3.31. The Morgan fingerprint density at radius 1 is 1.00 bits per heavy atom. The van der Waals surface area contributed by atoms with Crippen LogP contribution in [0.15, 0.2) is 77.9 Å². The van der Waals surface area contributed by atoms with Gasteiger partial charge < -0.3 is 10.1 Å². The standard InChI is InChI=1S/C23H20N4O3/c1-30-21-9-5-4-8-19(21)25-22(28)15-27-23(29)18-7-3-2-6-17(18)20(26-27)14-16-10-12-24-13-11-16/h2-13H,14-15H2,1H3,(H,25,28). The van der Waals surface area contributed by atoms with E-state index in [-0.39, 0.29) is 18.0 Å². The average Bonchev–Trinajstić information content (AvgIpc) is 2.78. The van der Waals surface area contributed by atoms with E-state index < -0.39 is 0 Å². The van der Waals surface area contributed by atoms with Crippen molar-refractivity contribution in [2.75, 3.05) is 12.4 Å². The molecule has 150 valence electrons. The van der Waals surface area contributed by atoms with Gasteiger partial charge in [-0.1, -0.05) is 30.3 Å².